The van der Waals surface area contributed by atoms with Gasteiger partial charge in [-0.05, 0) is 14.1 Å². The van der Waals surface area contributed by atoms with Gasteiger partial charge in [0.15, 0.2) is 5.82 Å². The summed E-state index contributed by atoms with van der Waals surface area (Å²) in [6.07, 6.45) is 0. The molecule has 0 spiro atoms. The molecule has 18 heavy (non-hydrogen) atoms. The van der Waals surface area contributed by atoms with Crippen molar-refractivity contribution in [3.8, 4) is 0 Å². The zero-order valence-corrected chi connectivity index (χ0v) is 11.1. The fourth-order valence-electron chi connectivity index (χ4n) is 2.08. The van der Waals surface area contributed by atoms with Crippen LogP contribution in [-0.4, -0.2) is 60.2 Å². The van der Waals surface area contributed by atoms with Crippen molar-refractivity contribution in [2.75, 3.05) is 45.2 Å². The quantitative estimate of drug-likeness (QED) is 0.748. The average molecular weight is 251 g/mol. The lowest BCUT2D eigenvalue weighted by molar-refractivity contribution is 0.270. The molecule has 0 saturated carbocycles. The van der Waals surface area contributed by atoms with Crippen molar-refractivity contribution >= 4 is 5.82 Å². The van der Waals surface area contributed by atoms with Gasteiger partial charge in [-0.1, -0.05) is 0 Å². The minimum Gasteiger partial charge on any atom is -0.388 e. The van der Waals surface area contributed by atoms with E-state index in [4.69, 9.17) is 0 Å². The summed E-state index contributed by atoms with van der Waals surface area (Å²) in [5.74, 6) is 1.42. The van der Waals surface area contributed by atoms with E-state index in [1.165, 1.54) is 0 Å². The molecule has 2 N–H and O–H groups in total. The van der Waals surface area contributed by atoms with Crippen LogP contribution in [0.5, 0.6) is 0 Å². The van der Waals surface area contributed by atoms with Gasteiger partial charge in [0.1, 0.15) is 12.4 Å². The summed E-state index contributed by atoms with van der Waals surface area (Å²) >= 11 is 0. The van der Waals surface area contributed by atoms with Crippen LogP contribution in [0.2, 0.25) is 0 Å². The standard InChI is InChI=1S/C12H21N5O/c1-13-8-10-7-12(15-11(9-18)14-10)17-5-3-16(2)4-6-17/h7,13,18H,3-6,8-9H2,1-2H3. The first-order valence-electron chi connectivity index (χ1n) is 6.28. The predicted octanol–water partition coefficient (Wildman–Crippen LogP) is -0.560. The molecule has 1 aliphatic heterocycles. The monoisotopic (exact) mass is 251 g/mol. The zero-order chi connectivity index (χ0) is 13.0. The molecular weight excluding hydrogens is 230 g/mol. The summed E-state index contributed by atoms with van der Waals surface area (Å²) in [6.45, 7) is 4.60. The Hall–Kier alpha value is -1.24. The van der Waals surface area contributed by atoms with E-state index < -0.39 is 0 Å². The maximum absolute atomic E-state index is 9.22. The minimum atomic E-state index is -0.113. The Balaban J connectivity index is 2.17. The fraction of sp³-hybridized carbons (Fsp3) is 0.667. The maximum atomic E-state index is 9.22. The first kappa shape index (κ1) is 13.2. The van der Waals surface area contributed by atoms with E-state index in [0.717, 1.165) is 37.7 Å². The number of aromatic nitrogens is 2. The fourth-order valence-corrected chi connectivity index (χ4v) is 2.08. The molecule has 1 aromatic heterocycles. The highest BCUT2D eigenvalue weighted by molar-refractivity contribution is 5.40. The summed E-state index contributed by atoms with van der Waals surface area (Å²) < 4.78 is 0. The molecule has 0 aliphatic carbocycles. The number of hydrogen-bond acceptors (Lipinski definition) is 6. The van der Waals surface area contributed by atoms with Crippen molar-refractivity contribution in [2.24, 2.45) is 0 Å². The number of hydrogen-bond donors (Lipinski definition) is 2. The summed E-state index contributed by atoms with van der Waals surface area (Å²) in [5, 5.41) is 12.3. The van der Waals surface area contributed by atoms with Crippen LogP contribution in [-0.2, 0) is 13.2 Å². The molecule has 1 saturated heterocycles. The van der Waals surface area contributed by atoms with Crippen LogP contribution < -0.4 is 10.2 Å². The van der Waals surface area contributed by atoms with Gasteiger partial charge in [0.25, 0.3) is 0 Å². The molecule has 0 bridgehead atoms. The van der Waals surface area contributed by atoms with Crippen molar-refractivity contribution in [3.63, 3.8) is 0 Å². The van der Waals surface area contributed by atoms with Gasteiger partial charge in [0.2, 0.25) is 0 Å². The molecule has 0 atom stereocenters. The van der Waals surface area contributed by atoms with Crippen LogP contribution in [0.3, 0.4) is 0 Å². The lowest BCUT2D eigenvalue weighted by atomic mass is 10.3. The lowest BCUT2D eigenvalue weighted by Gasteiger charge is -2.33. The van der Waals surface area contributed by atoms with Gasteiger partial charge in [0.05, 0.1) is 5.69 Å². The molecule has 100 valence electrons. The maximum Gasteiger partial charge on any atom is 0.156 e. The zero-order valence-electron chi connectivity index (χ0n) is 11.1. The molecule has 0 unspecified atom stereocenters. The lowest BCUT2D eigenvalue weighted by Crippen LogP contribution is -2.45. The number of nitrogens with zero attached hydrogens (tertiary/aromatic N) is 4. The number of likely N-dealkylation sites (N-methyl/N-ethyl adjacent to an activating group) is 1. The number of aliphatic hydroxyl groups is 1. The molecule has 1 fully saturated rings. The number of aliphatic hydroxyl groups excluding tert-OH is 1. The number of rotatable bonds is 4. The Labute approximate surface area is 108 Å². The number of anilines is 1. The van der Waals surface area contributed by atoms with Gasteiger partial charge in [-0.3, -0.25) is 0 Å². The topological polar surface area (TPSA) is 64.5 Å². The van der Waals surface area contributed by atoms with Crippen molar-refractivity contribution in [1.82, 2.24) is 20.2 Å². The molecule has 2 heterocycles. The van der Waals surface area contributed by atoms with E-state index in [1.54, 1.807) is 0 Å². The number of piperazine rings is 1. The molecular formula is C12H21N5O. The Morgan fingerprint density at radius 2 is 2.00 bits per heavy atom. The third-order valence-corrected chi connectivity index (χ3v) is 3.14. The van der Waals surface area contributed by atoms with Gasteiger partial charge < -0.3 is 20.2 Å². The average Bonchev–Trinajstić information content (AvgIpc) is 2.39. The van der Waals surface area contributed by atoms with Crippen LogP contribution in [0, 0.1) is 0 Å². The summed E-state index contributed by atoms with van der Waals surface area (Å²) in [6, 6.07) is 2.00. The van der Waals surface area contributed by atoms with Crippen LogP contribution >= 0.6 is 0 Å². The SMILES string of the molecule is CNCc1cc(N2CCN(C)CC2)nc(CO)n1. The van der Waals surface area contributed by atoms with Crippen LogP contribution in [0.1, 0.15) is 11.5 Å². The van der Waals surface area contributed by atoms with E-state index in [1.807, 2.05) is 13.1 Å². The molecule has 6 nitrogen and oxygen atoms in total. The van der Waals surface area contributed by atoms with Gasteiger partial charge in [-0.2, -0.15) is 0 Å². The van der Waals surface area contributed by atoms with Crippen LogP contribution in [0.4, 0.5) is 5.82 Å². The second-order valence-electron chi connectivity index (χ2n) is 4.61. The molecule has 2 rings (SSSR count). The second-order valence-corrected chi connectivity index (χ2v) is 4.61. The van der Waals surface area contributed by atoms with E-state index in [2.05, 4.69) is 32.1 Å². The first-order valence-corrected chi connectivity index (χ1v) is 6.28. The molecule has 1 aromatic rings. The van der Waals surface area contributed by atoms with Gasteiger partial charge in [-0.25, -0.2) is 9.97 Å². The highest BCUT2D eigenvalue weighted by Gasteiger charge is 2.16. The van der Waals surface area contributed by atoms with Crippen LogP contribution in [0.25, 0.3) is 0 Å². The molecule has 0 amide bonds. The van der Waals surface area contributed by atoms with E-state index in [0.29, 0.717) is 12.4 Å². The van der Waals surface area contributed by atoms with Crippen molar-refractivity contribution < 1.29 is 5.11 Å². The third kappa shape index (κ3) is 3.16. The van der Waals surface area contributed by atoms with E-state index >= 15 is 0 Å². The first-order chi connectivity index (χ1) is 8.72. The summed E-state index contributed by atoms with van der Waals surface area (Å²) in [5.41, 5.74) is 0.922. The predicted molar refractivity (Wildman–Crippen MR) is 70.4 cm³/mol. The van der Waals surface area contributed by atoms with E-state index in [-0.39, 0.29) is 6.61 Å². The minimum absolute atomic E-state index is 0.113. The molecule has 6 heteroatoms. The Morgan fingerprint density at radius 1 is 1.28 bits per heavy atom. The largest absolute Gasteiger partial charge is 0.388 e. The van der Waals surface area contributed by atoms with E-state index in [9.17, 15) is 5.11 Å². The van der Waals surface area contributed by atoms with Crippen molar-refractivity contribution in [3.05, 3.63) is 17.6 Å². The van der Waals surface area contributed by atoms with Gasteiger partial charge in [-0.15, -0.1) is 0 Å². The highest BCUT2D eigenvalue weighted by atomic mass is 16.3. The second kappa shape index (κ2) is 6.08. The summed E-state index contributed by atoms with van der Waals surface area (Å²) in [4.78, 5) is 13.2. The Morgan fingerprint density at radius 3 is 2.61 bits per heavy atom. The Bertz CT molecular complexity index is 390. The van der Waals surface area contributed by atoms with Gasteiger partial charge in [0, 0.05) is 38.8 Å². The molecule has 0 radical (unpaired) electrons. The smallest absolute Gasteiger partial charge is 0.156 e. The highest BCUT2D eigenvalue weighted by Crippen LogP contribution is 2.15. The molecule has 0 aromatic carbocycles. The van der Waals surface area contributed by atoms with Crippen molar-refractivity contribution in [2.45, 2.75) is 13.2 Å². The third-order valence-electron chi connectivity index (χ3n) is 3.14. The van der Waals surface area contributed by atoms with Gasteiger partial charge >= 0.3 is 0 Å². The Kier molecular flexibility index (Phi) is 4.46. The van der Waals surface area contributed by atoms with Crippen LogP contribution in [0.15, 0.2) is 6.07 Å². The number of nitrogens with one attached hydrogen (secondary N) is 1. The van der Waals surface area contributed by atoms with Crippen molar-refractivity contribution in [1.29, 1.82) is 0 Å². The summed E-state index contributed by atoms with van der Waals surface area (Å²) in [7, 11) is 4.01. The molecule has 1 aliphatic rings. The normalized spacial score (nSPS) is 17.2.